The third-order valence-electron chi connectivity index (χ3n) is 6.36. The molecule has 0 bridgehead atoms. The molecule has 3 aromatic carbocycles. The maximum atomic E-state index is 12.6. The van der Waals surface area contributed by atoms with Gasteiger partial charge < -0.3 is 4.57 Å². The topological polar surface area (TPSA) is 46.4 Å². The van der Waals surface area contributed by atoms with Crippen molar-refractivity contribution in [3.63, 3.8) is 0 Å². The highest BCUT2D eigenvalue weighted by Crippen LogP contribution is 2.32. The van der Waals surface area contributed by atoms with E-state index >= 15 is 0 Å². The van der Waals surface area contributed by atoms with Gasteiger partial charge in [-0.3, -0.25) is 4.79 Å². The molecule has 1 aromatic heterocycles. The average Bonchev–Trinajstić information content (AvgIpc) is 3.14. The molecule has 0 spiro atoms. The lowest BCUT2D eigenvalue weighted by Gasteiger charge is -2.15. The summed E-state index contributed by atoms with van der Waals surface area (Å²) in [6, 6.07) is 23.1. The zero-order valence-corrected chi connectivity index (χ0v) is 17.9. The Balaban J connectivity index is 1.29. The smallest absolute Gasteiger partial charge is 0.241 e. The van der Waals surface area contributed by atoms with Crippen LogP contribution in [0.3, 0.4) is 0 Å². The van der Waals surface area contributed by atoms with Crippen molar-refractivity contribution in [2.75, 3.05) is 0 Å². The third kappa shape index (κ3) is 3.86. The number of hydrogen-bond donors (Lipinski definition) is 1. The molecule has 4 aromatic rings. The lowest BCUT2D eigenvalue weighted by atomic mass is 9.95. The fourth-order valence-corrected chi connectivity index (χ4v) is 4.74. The molecule has 4 nitrogen and oxygen atoms in total. The molecule has 0 unspecified atom stereocenters. The fraction of sp³-hybridized carbons (Fsp3) is 0.259. The second-order valence-electron chi connectivity index (χ2n) is 8.35. The van der Waals surface area contributed by atoms with E-state index in [-0.39, 0.29) is 5.91 Å². The zero-order chi connectivity index (χ0) is 21.2. The second-order valence-corrected chi connectivity index (χ2v) is 8.35. The molecule has 156 valence electrons. The number of nitrogens with one attached hydrogen (secondary N) is 1. The van der Waals surface area contributed by atoms with E-state index in [1.54, 1.807) is 0 Å². The van der Waals surface area contributed by atoms with Crippen molar-refractivity contribution in [1.82, 2.24) is 9.99 Å². The Labute approximate surface area is 182 Å². The number of aryl methyl sites for hydroxylation is 2. The summed E-state index contributed by atoms with van der Waals surface area (Å²) in [6.45, 7) is 2.62. The van der Waals surface area contributed by atoms with Gasteiger partial charge in [-0.1, -0.05) is 54.6 Å². The standard InChI is InChI=1S/C27H27N3O/c1-19(21-15-14-20-8-2-3-9-22(20)18-21)28-29-27(31)16-17-30-25-12-6-4-10-23(25)24-11-5-7-13-26(24)30/h2-4,6,8-10,12,14-15,18H,5,7,11,13,16-17H2,1H3,(H,29,31)/b28-19+. The van der Waals surface area contributed by atoms with E-state index in [0.717, 1.165) is 24.1 Å². The van der Waals surface area contributed by atoms with Crippen LogP contribution in [-0.4, -0.2) is 16.2 Å². The first-order valence-corrected chi connectivity index (χ1v) is 11.1. The van der Waals surface area contributed by atoms with Crippen LogP contribution in [0.4, 0.5) is 0 Å². The largest absolute Gasteiger partial charge is 0.344 e. The van der Waals surface area contributed by atoms with Crippen LogP contribution in [0.15, 0.2) is 71.8 Å². The second kappa shape index (κ2) is 8.38. The molecule has 0 aliphatic heterocycles. The molecule has 5 rings (SSSR count). The summed E-state index contributed by atoms with van der Waals surface area (Å²) in [5, 5.41) is 8.08. The van der Waals surface area contributed by atoms with Crippen molar-refractivity contribution in [3.05, 3.63) is 83.6 Å². The number of carbonyl (C=O) groups is 1. The van der Waals surface area contributed by atoms with Crippen molar-refractivity contribution in [2.45, 2.75) is 45.6 Å². The minimum absolute atomic E-state index is 0.0533. The minimum atomic E-state index is -0.0533. The molecule has 1 aliphatic carbocycles. The number of fused-ring (bicyclic) bond motifs is 4. The van der Waals surface area contributed by atoms with Crippen LogP contribution >= 0.6 is 0 Å². The first-order valence-electron chi connectivity index (χ1n) is 11.1. The lowest BCUT2D eigenvalue weighted by Crippen LogP contribution is -2.21. The summed E-state index contributed by atoms with van der Waals surface area (Å²) >= 11 is 0. The molecule has 0 radical (unpaired) electrons. The van der Waals surface area contributed by atoms with Gasteiger partial charge in [0.1, 0.15) is 0 Å². The summed E-state index contributed by atoms with van der Waals surface area (Å²) in [7, 11) is 0. The van der Waals surface area contributed by atoms with Crippen molar-refractivity contribution in [2.24, 2.45) is 5.10 Å². The number of carbonyl (C=O) groups excluding carboxylic acids is 1. The van der Waals surface area contributed by atoms with Gasteiger partial charge in [0.15, 0.2) is 0 Å². The number of hydrogen-bond acceptors (Lipinski definition) is 2. The van der Waals surface area contributed by atoms with Crippen LogP contribution in [0.1, 0.15) is 43.0 Å². The van der Waals surface area contributed by atoms with Gasteiger partial charge in [0.05, 0.1) is 5.71 Å². The van der Waals surface area contributed by atoms with Gasteiger partial charge in [0.2, 0.25) is 5.91 Å². The number of benzene rings is 3. The van der Waals surface area contributed by atoms with Crippen LogP contribution in [-0.2, 0) is 24.2 Å². The summed E-state index contributed by atoms with van der Waals surface area (Å²) in [5.74, 6) is -0.0533. The highest BCUT2D eigenvalue weighted by molar-refractivity contribution is 6.02. The molecule has 4 heteroatoms. The van der Waals surface area contributed by atoms with Crippen LogP contribution in [0.2, 0.25) is 0 Å². The number of nitrogens with zero attached hydrogens (tertiary/aromatic N) is 2. The molecular formula is C27H27N3O. The Bertz CT molecular complexity index is 1300. The Kier molecular flexibility index (Phi) is 5.29. The van der Waals surface area contributed by atoms with Crippen LogP contribution in [0.25, 0.3) is 21.7 Å². The minimum Gasteiger partial charge on any atom is -0.344 e. The van der Waals surface area contributed by atoms with E-state index in [2.05, 4.69) is 63.6 Å². The molecule has 0 saturated heterocycles. The summed E-state index contributed by atoms with van der Waals surface area (Å²) in [6.07, 6.45) is 5.14. The van der Waals surface area contributed by atoms with Crippen LogP contribution in [0, 0.1) is 0 Å². The maximum Gasteiger partial charge on any atom is 0.241 e. The fourth-order valence-electron chi connectivity index (χ4n) is 4.74. The molecular weight excluding hydrogens is 382 g/mol. The van der Waals surface area contributed by atoms with E-state index in [1.165, 1.54) is 45.8 Å². The van der Waals surface area contributed by atoms with Gasteiger partial charge >= 0.3 is 0 Å². The van der Waals surface area contributed by atoms with Gasteiger partial charge in [-0.05, 0) is 66.6 Å². The number of para-hydroxylation sites is 1. The molecule has 0 saturated carbocycles. The first kappa shape index (κ1) is 19.6. The quantitative estimate of drug-likeness (QED) is 0.338. The number of rotatable bonds is 5. The van der Waals surface area contributed by atoms with E-state index in [4.69, 9.17) is 0 Å². The molecule has 1 N–H and O–H groups in total. The van der Waals surface area contributed by atoms with Crippen molar-refractivity contribution >= 4 is 33.3 Å². The Morgan fingerprint density at radius 3 is 2.65 bits per heavy atom. The van der Waals surface area contributed by atoms with E-state index in [0.29, 0.717) is 13.0 Å². The molecule has 1 aliphatic rings. The summed E-state index contributed by atoms with van der Waals surface area (Å²) in [4.78, 5) is 12.6. The average molecular weight is 410 g/mol. The molecule has 0 atom stereocenters. The van der Waals surface area contributed by atoms with Crippen molar-refractivity contribution < 1.29 is 4.79 Å². The number of amides is 1. The SMILES string of the molecule is C/C(=N\NC(=O)CCn1c2c(c3ccccc31)CCCC2)c1ccc2ccccc2c1. The van der Waals surface area contributed by atoms with Gasteiger partial charge in [-0.15, -0.1) is 0 Å². The highest BCUT2D eigenvalue weighted by Gasteiger charge is 2.19. The molecule has 31 heavy (non-hydrogen) atoms. The maximum absolute atomic E-state index is 12.6. The molecule has 1 heterocycles. The monoisotopic (exact) mass is 409 g/mol. The summed E-state index contributed by atoms with van der Waals surface area (Å²) in [5.41, 5.74) is 8.72. The number of aromatic nitrogens is 1. The predicted molar refractivity (Wildman–Crippen MR) is 127 cm³/mol. The predicted octanol–water partition coefficient (Wildman–Crippen LogP) is 5.60. The van der Waals surface area contributed by atoms with Gasteiger partial charge in [-0.2, -0.15) is 5.10 Å². The van der Waals surface area contributed by atoms with Gasteiger partial charge in [0.25, 0.3) is 0 Å². The Morgan fingerprint density at radius 2 is 1.74 bits per heavy atom. The molecule has 0 fully saturated rings. The Hall–Kier alpha value is -3.40. The van der Waals surface area contributed by atoms with Crippen molar-refractivity contribution in [3.8, 4) is 0 Å². The van der Waals surface area contributed by atoms with Gasteiger partial charge in [0, 0.05) is 29.6 Å². The van der Waals surface area contributed by atoms with Gasteiger partial charge in [-0.25, -0.2) is 5.43 Å². The number of hydrazone groups is 1. The zero-order valence-electron chi connectivity index (χ0n) is 17.9. The summed E-state index contributed by atoms with van der Waals surface area (Å²) < 4.78 is 2.35. The van der Waals surface area contributed by atoms with E-state index in [1.807, 2.05) is 25.1 Å². The van der Waals surface area contributed by atoms with Crippen LogP contribution < -0.4 is 5.43 Å². The molecule has 1 amide bonds. The first-order chi connectivity index (χ1) is 15.2. The van der Waals surface area contributed by atoms with E-state index < -0.39 is 0 Å². The highest BCUT2D eigenvalue weighted by atomic mass is 16.2. The van der Waals surface area contributed by atoms with Crippen molar-refractivity contribution in [1.29, 1.82) is 0 Å². The normalized spacial score (nSPS) is 14.0. The Morgan fingerprint density at radius 1 is 0.968 bits per heavy atom. The third-order valence-corrected chi connectivity index (χ3v) is 6.36. The van der Waals surface area contributed by atoms with E-state index in [9.17, 15) is 4.79 Å². The van der Waals surface area contributed by atoms with Crippen LogP contribution in [0.5, 0.6) is 0 Å². The lowest BCUT2D eigenvalue weighted by molar-refractivity contribution is -0.121.